The van der Waals surface area contributed by atoms with Gasteiger partial charge in [0.1, 0.15) is 0 Å². The maximum Gasteiger partial charge on any atom is 0.234 e. The topological polar surface area (TPSA) is 60.0 Å². The van der Waals surface area contributed by atoms with E-state index in [0.717, 1.165) is 38.4 Å². The van der Waals surface area contributed by atoms with Gasteiger partial charge in [0.25, 0.3) is 0 Å². The molecule has 28 heavy (non-hydrogen) atoms. The minimum absolute atomic E-state index is 0.118. The monoisotopic (exact) mass is 387 g/mol. The van der Waals surface area contributed by atoms with Gasteiger partial charge in [-0.2, -0.15) is 0 Å². The van der Waals surface area contributed by atoms with E-state index < -0.39 is 0 Å². The number of hydrogen-bond acceptors (Lipinski definition) is 3. The standard InChI is InChI=1S/C22H37N5O/c1-22(2,3)25-20(28)17-27-13-11-19(12-14-27)16-24-21(26(4)5)23-15-18-9-7-6-8-10-18/h6-10,19H,11-17H2,1-5H3,(H,23,24)(H,25,28). The zero-order chi connectivity index (χ0) is 20.6. The van der Waals surface area contributed by atoms with Gasteiger partial charge in [-0.25, -0.2) is 4.99 Å². The second kappa shape index (κ2) is 10.5. The fourth-order valence-corrected chi connectivity index (χ4v) is 3.35. The lowest BCUT2D eigenvalue weighted by Crippen LogP contribution is -2.48. The molecule has 2 rings (SSSR count). The van der Waals surface area contributed by atoms with Gasteiger partial charge in [0.05, 0.1) is 13.1 Å². The number of rotatable bonds is 6. The number of benzene rings is 1. The summed E-state index contributed by atoms with van der Waals surface area (Å²) in [6, 6.07) is 10.3. The third-order valence-electron chi connectivity index (χ3n) is 4.82. The number of amides is 1. The first-order valence-electron chi connectivity index (χ1n) is 10.3. The number of nitrogens with one attached hydrogen (secondary N) is 2. The fraction of sp³-hybridized carbons (Fsp3) is 0.636. The molecule has 0 atom stereocenters. The molecule has 6 nitrogen and oxygen atoms in total. The molecule has 1 aromatic carbocycles. The minimum atomic E-state index is -0.166. The Morgan fingerprint density at radius 1 is 1.18 bits per heavy atom. The summed E-state index contributed by atoms with van der Waals surface area (Å²) in [7, 11) is 4.04. The molecule has 1 aliphatic rings. The molecule has 2 N–H and O–H groups in total. The zero-order valence-electron chi connectivity index (χ0n) is 18.2. The molecule has 6 heteroatoms. The molecular weight excluding hydrogens is 350 g/mol. The molecule has 1 aliphatic heterocycles. The van der Waals surface area contributed by atoms with Crippen molar-refractivity contribution in [3.8, 4) is 0 Å². The summed E-state index contributed by atoms with van der Waals surface area (Å²) in [6.45, 7) is 10.1. The van der Waals surface area contributed by atoms with Crippen LogP contribution in [0.3, 0.4) is 0 Å². The Morgan fingerprint density at radius 2 is 1.82 bits per heavy atom. The van der Waals surface area contributed by atoms with Crippen LogP contribution in [0.25, 0.3) is 0 Å². The van der Waals surface area contributed by atoms with Gasteiger partial charge in [0, 0.05) is 26.2 Å². The van der Waals surface area contributed by atoms with E-state index in [9.17, 15) is 4.79 Å². The van der Waals surface area contributed by atoms with Gasteiger partial charge in [0.15, 0.2) is 5.96 Å². The van der Waals surface area contributed by atoms with E-state index in [1.807, 2.05) is 58.0 Å². The summed E-state index contributed by atoms with van der Waals surface area (Å²) in [6.07, 6.45) is 2.21. The Labute approximate surface area is 170 Å². The number of carbonyl (C=O) groups is 1. The smallest absolute Gasteiger partial charge is 0.234 e. The van der Waals surface area contributed by atoms with Crippen LogP contribution in [0, 0.1) is 5.92 Å². The molecule has 1 saturated heterocycles. The van der Waals surface area contributed by atoms with Crippen molar-refractivity contribution in [2.75, 3.05) is 40.3 Å². The molecule has 0 unspecified atom stereocenters. The molecule has 0 aliphatic carbocycles. The van der Waals surface area contributed by atoms with Crippen molar-refractivity contribution in [3.05, 3.63) is 35.9 Å². The number of guanidine groups is 1. The first-order chi connectivity index (χ1) is 13.2. The molecule has 1 fully saturated rings. The average molecular weight is 388 g/mol. The van der Waals surface area contributed by atoms with Crippen molar-refractivity contribution < 1.29 is 4.79 Å². The first-order valence-corrected chi connectivity index (χ1v) is 10.3. The van der Waals surface area contributed by atoms with Gasteiger partial charge in [-0.3, -0.25) is 9.69 Å². The number of piperidine rings is 1. The lowest BCUT2D eigenvalue weighted by atomic mass is 9.97. The summed E-state index contributed by atoms with van der Waals surface area (Å²) in [5, 5.41) is 6.57. The third-order valence-corrected chi connectivity index (χ3v) is 4.82. The normalized spacial score (nSPS) is 16.7. The van der Waals surface area contributed by atoms with Crippen molar-refractivity contribution in [3.63, 3.8) is 0 Å². The van der Waals surface area contributed by atoms with Crippen LogP contribution in [0.5, 0.6) is 0 Å². The van der Waals surface area contributed by atoms with Gasteiger partial charge in [0.2, 0.25) is 5.91 Å². The van der Waals surface area contributed by atoms with Crippen LogP contribution in [0.1, 0.15) is 39.2 Å². The number of aliphatic imine (C=N–C) groups is 1. The molecular formula is C22H37N5O. The van der Waals surface area contributed by atoms with Gasteiger partial charge < -0.3 is 15.5 Å². The van der Waals surface area contributed by atoms with Crippen molar-refractivity contribution in [2.24, 2.45) is 10.9 Å². The Bertz CT molecular complexity index is 628. The predicted molar refractivity (Wildman–Crippen MR) is 116 cm³/mol. The van der Waals surface area contributed by atoms with Crippen LogP contribution in [-0.4, -0.2) is 67.5 Å². The molecule has 1 heterocycles. The zero-order valence-corrected chi connectivity index (χ0v) is 18.2. The summed E-state index contributed by atoms with van der Waals surface area (Å²) in [5.41, 5.74) is 1.05. The van der Waals surface area contributed by atoms with E-state index in [1.165, 1.54) is 5.56 Å². The number of hydrogen-bond donors (Lipinski definition) is 2. The highest BCUT2D eigenvalue weighted by atomic mass is 16.2. The Balaban J connectivity index is 1.74. The SMILES string of the molecule is CN(C)C(=NCc1ccccc1)NCC1CCN(CC(=O)NC(C)(C)C)CC1. The number of carbonyl (C=O) groups excluding carboxylic acids is 1. The van der Waals surface area contributed by atoms with Crippen LogP contribution < -0.4 is 10.6 Å². The summed E-state index contributed by atoms with van der Waals surface area (Å²) >= 11 is 0. The molecule has 1 amide bonds. The largest absolute Gasteiger partial charge is 0.356 e. The van der Waals surface area contributed by atoms with Crippen molar-refractivity contribution >= 4 is 11.9 Å². The molecule has 0 aromatic heterocycles. The van der Waals surface area contributed by atoms with E-state index in [-0.39, 0.29) is 11.4 Å². The maximum absolute atomic E-state index is 12.1. The minimum Gasteiger partial charge on any atom is -0.356 e. The fourth-order valence-electron chi connectivity index (χ4n) is 3.35. The van der Waals surface area contributed by atoms with Crippen molar-refractivity contribution in [1.82, 2.24) is 20.4 Å². The molecule has 1 aromatic rings. The van der Waals surface area contributed by atoms with Crippen molar-refractivity contribution in [2.45, 2.75) is 45.7 Å². The predicted octanol–water partition coefficient (Wildman–Crippen LogP) is 2.32. The van der Waals surface area contributed by atoms with Gasteiger partial charge >= 0.3 is 0 Å². The van der Waals surface area contributed by atoms with Crippen LogP contribution in [0.4, 0.5) is 0 Å². The molecule has 0 saturated carbocycles. The Morgan fingerprint density at radius 3 is 2.39 bits per heavy atom. The quantitative estimate of drug-likeness (QED) is 0.581. The van der Waals surface area contributed by atoms with E-state index in [0.29, 0.717) is 19.0 Å². The van der Waals surface area contributed by atoms with Gasteiger partial charge in [-0.1, -0.05) is 30.3 Å². The van der Waals surface area contributed by atoms with E-state index in [4.69, 9.17) is 4.99 Å². The Hall–Kier alpha value is -2.08. The lowest BCUT2D eigenvalue weighted by Gasteiger charge is -2.33. The molecule has 0 spiro atoms. The van der Waals surface area contributed by atoms with Gasteiger partial charge in [-0.05, 0) is 58.2 Å². The number of nitrogens with zero attached hydrogens (tertiary/aromatic N) is 3. The highest BCUT2D eigenvalue weighted by Crippen LogP contribution is 2.16. The summed E-state index contributed by atoms with van der Waals surface area (Å²) in [5.74, 6) is 1.66. The van der Waals surface area contributed by atoms with Crippen LogP contribution in [0.2, 0.25) is 0 Å². The highest BCUT2D eigenvalue weighted by Gasteiger charge is 2.22. The first kappa shape index (κ1) is 22.2. The lowest BCUT2D eigenvalue weighted by molar-refractivity contribution is -0.124. The average Bonchev–Trinajstić information content (AvgIpc) is 2.62. The van der Waals surface area contributed by atoms with Crippen molar-refractivity contribution in [1.29, 1.82) is 0 Å². The second-order valence-electron chi connectivity index (χ2n) is 8.92. The van der Waals surface area contributed by atoms with Crippen LogP contribution in [-0.2, 0) is 11.3 Å². The molecule has 156 valence electrons. The molecule has 0 radical (unpaired) electrons. The molecule has 0 bridgehead atoms. The van der Waals surface area contributed by atoms with E-state index in [2.05, 4.69) is 27.7 Å². The summed E-state index contributed by atoms with van der Waals surface area (Å²) in [4.78, 5) is 21.1. The van der Waals surface area contributed by atoms with Crippen LogP contribution >= 0.6 is 0 Å². The van der Waals surface area contributed by atoms with Crippen LogP contribution in [0.15, 0.2) is 35.3 Å². The van der Waals surface area contributed by atoms with Gasteiger partial charge in [-0.15, -0.1) is 0 Å². The second-order valence-corrected chi connectivity index (χ2v) is 8.92. The van der Waals surface area contributed by atoms with E-state index in [1.54, 1.807) is 0 Å². The van der Waals surface area contributed by atoms with E-state index >= 15 is 0 Å². The Kier molecular flexibility index (Phi) is 8.30. The maximum atomic E-state index is 12.1. The highest BCUT2D eigenvalue weighted by molar-refractivity contribution is 5.79. The number of likely N-dealkylation sites (tertiary alicyclic amines) is 1. The third kappa shape index (κ3) is 8.30. The summed E-state index contributed by atoms with van der Waals surface area (Å²) < 4.78 is 0.